The van der Waals surface area contributed by atoms with Gasteiger partial charge < -0.3 is 4.98 Å². The van der Waals surface area contributed by atoms with Gasteiger partial charge in [-0.2, -0.15) is 8.42 Å². The monoisotopic (exact) mass is 398 g/mol. The fourth-order valence-electron chi connectivity index (χ4n) is 2.95. The first-order chi connectivity index (χ1) is 12.5. The van der Waals surface area contributed by atoms with Crippen molar-refractivity contribution in [1.82, 2.24) is 9.97 Å². The van der Waals surface area contributed by atoms with Gasteiger partial charge >= 0.3 is 0 Å². The lowest BCUT2D eigenvalue weighted by molar-refractivity contribution is 0.483. The highest BCUT2D eigenvalue weighted by Gasteiger charge is 2.12. The minimum absolute atomic E-state index is 0.111. The number of thioether (sulfide) groups is 1. The molecule has 26 heavy (non-hydrogen) atoms. The summed E-state index contributed by atoms with van der Waals surface area (Å²) in [5.74, 6) is 1.00. The van der Waals surface area contributed by atoms with Crippen LogP contribution in [0.4, 0.5) is 0 Å². The maximum absolute atomic E-state index is 11.2. The Bertz CT molecular complexity index is 772. The van der Waals surface area contributed by atoms with Crippen molar-refractivity contribution in [2.75, 3.05) is 5.75 Å². The van der Waals surface area contributed by atoms with Crippen LogP contribution in [0.5, 0.6) is 0 Å². The van der Waals surface area contributed by atoms with E-state index in [4.69, 9.17) is 4.55 Å². The van der Waals surface area contributed by atoms with Crippen molar-refractivity contribution in [1.29, 1.82) is 0 Å². The number of unbranched alkanes of at least 4 members (excludes halogenated alkanes) is 9. The molecule has 0 aliphatic rings. The highest BCUT2D eigenvalue weighted by atomic mass is 32.2. The van der Waals surface area contributed by atoms with Gasteiger partial charge in [-0.15, -0.1) is 0 Å². The van der Waals surface area contributed by atoms with Gasteiger partial charge in [0.25, 0.3) is 10.1 Å². The molecule has 0 bridgehead atoms. The number of nitrogens with zero attached hydrogens (tertiary/aromatic N) is 1. The second kappa shape index (κ2) is 10.9. The minimum Gasteiger partial charge on any atom is -0.333 e. The summed E-state index contributed by atoms with van der Waals surface area (Å²) in [5, 5.41) is 0.795. The summed E-state index contributed by atoms with van der Waals surface area (Å²) in [6.07, 6.45) is 13.2. The Balaban J connectivity index is 1.63. The van der Waals surface area contributed by atoms with Crippen LogP contribution < -0.4 is 0 Å². The van der Waals surface area contributed by atoms with Gasteiger partial charge in [0.2, 0.25) is 0 Å². The van der Waals surface area contributed by atoms with Crippen molar-refractivity contribution in [2.24, 2.45) is 0 Å². The number of rotatable bonds is 13. The minimum atomic E-state index is -4.18. The summed E-state index contributed by atoms with van der Waals surface area (Å²) >= 11 is 1.66. The lowest BCUT2D eigenvalue weighted by atomic mass is 10.1. The number of aromatic nitrogens is 2. The normalized spacial score (nSPS) is 12.1. The molecule has 0 unspecified atom stereocenters. The van der Waals surface area contributed by atoms with E-state index in [2.05, 4.69) is 16.9 Å². The molecule has 1 aromatic heterocycles. The molecule has 0 atom stereocenters. The molecular weight excluding hydrogens is 368 g/mol. The van der Waals surface area contributed by atoms with E-state index in [1.54, 1.807) is 17.8 Å². The highest BCUT2D eigenvalue weighted by molar-refractivity contribution is 7.99. The molecule has 2 N–H and O–H groups in total. The molecule has 0 radical (unpaired) electrons. The molecule has 0 fully saturated rings. The van der Waals surface area contributed by atoms with Gasteiger partial charge in [0, 0.05) is 5.75 Å². The molecule has 2 rings (SSSR count). The topological polar surface area (TPSA) is 83.1 Å². The Kier molecular flexibility index (Phi) is 8.95. The average Bonchev–Trinajstić information content (AvgIpc) is 3.01. The molecule has 0 saturated carbocycles. The zero-order valence-corrected chi connectivity index (χ0v) is 17.2. The quantitative estimate of drug-likeness (QED) is 0.252. The Labute approximate surface area is 161 Å². The van der Waals surface area contributed by atoms with Crippen molar-refractivity contribution < 1.29 is 13.0 Å². The van der Waals surface area contributed by atoms with Gasteiger partial charge in [-0.3, -0.25) is 4.55 Å². The zero-order chi connectivity index (χ0) is 18.8. The summed E-state index contributed by atoms with van der Waals surface area (Å²) in [6.45, 7) is 2.25. The van der Waals surface area contributed by atoms with E-state index in [9.17, 15) is 8.42 Å². The van der Waals surface area contributed by atoms with E-state index >= 15 is 0 Å². The summed E-state index contributed by atoms with van der Waals surface area (Å²) < 4.78 is 31.5. The van der Waals surface area contributed by atoms with E-state index in [0.717, 1.165) is 17.3 Å². The molecule has 1 heterocycles. The zero-order valence-electron chi connectivity index (χ0n) is 15.5. The van der Waals surface area contributed by atoms with Crippen LogP contribution in [0.15, 0.2) is 28.3 Å². The highest BCUT2D eigenvalue weighted by Crippen LogP contribution is 2.23. The number of imidazole rings is 1. The second-order valence-corrected chi connectivity index (χ2v) is 9.23. The molecule has 5 nitrogen and oxygen atoms in total. The van der Waals surface area contributed by atoms with Crippen molar-refractivity contribution in [2.45, 2.75) is 81.2 Å². The van der Waals surface area contributed by atoms with Crippen LogP contribution >= 0.6 is 11.8 Å². The molecule has 0 aliphatic heterocycles. The first-order valence-electron chi connectivity index (χ1n) is 9.61. The van der Waals surface area contributed by atoms with Gasteiger partial charge in [0.15, 0.2) is 5.16 Å². The number of nitrogens with one attached hydrogen (secondary N) is 1. The van der Waals surface area contributed by atoms with E-state index in [0.29, 0.717) is 11.0 Å². The number of hydrogen-bond donors (Lipinski definition) is 2. The van der Waals surface area contributed by atoms with Crippen molar-refractivity contribution in [3.05, 3.63) is 18.2 Å². The van der Waals surface area contributed by atoms with E-state index in [1.807, 2.05) is 0 Å². The fourth-order valence-corrected chi connectivity index (χ4v) is 4.35. The summed E-state index contributed by atoms with van der Waals surface area (Å²) in [5.41, 5.74) is 1.34. The first-order valence-corrected chi connectivity index (χ1v) is 12.0. The number of benzene rings is 1. The van der Waals surface area contributed by atoms with E-state index in [-0.39, 0.29) is 4.90 Å². The van der Waals surface area contributed by atoms with Gasteiger partial charge in [-0.05, 0) is 24.6 Å². The lowest BCUT2D eigenvalue weighted by Crippen LogP contribution is -1.97. The largest absolute Gasteiger partial charge is 0.333 e. The summed E-state index contributed by atoms with van der Waals surface area (Å²) in [6, 6.07) is 4.40. The third-order valence-corrected chi connectivity index (χ3v) is 6.28. The average molecular weight is 399 g/mol. The lowest BCUT2D eigenvalue weighted by Gasteiger charge is -2.02. The molecule has 7 heteroatoms. The Morgan fingerprint density at radius 3 is 2.23 bits per heavy atom. The number of hydrogen-bond acceptors (Lipinski definition) is 4. The van der Waals surface area contributed by atoms with E-state index < -0.39 is 10.1 Å². The van der Waals surface area contributed by atoms with Gasteiger partial charge in [0.1, 0.15) is 0 Å². The maximum atomic E-state index is 11.2. The van der Waals surface area contributed by atoms with Crippen molar-refractivity contribution >= 4 is 32.9 Å². The Morgan fingerprint density at radius 1 is 1.00 bits per heavy atom. The Hall–Kier alpha value is -1.05. The van der Waals surface area contributed by atoms with Crippen LogP contribution in [-0.2, 0) is 10.1 Å². The van der Waals surface area contributed by atoms with Crippen molar-refractivity contribution in [3.8, 4) is 0 Å². The second-order valence-electron chi connectivity index (χ2n) is 6.73. The molecular formula is C19H30N2O3S2. The third kappa shape index (κ3) is 7.29. The van der Waals surface area contributed by atoms with Gasteiger partial charge in [0.05, 0.1) is 15.9 Å². The van der Waals surface area contributed by atoms with Gasteiger partial charge in [-0.1, -0.05) is 76.5 Å². The number of H-pyrrole nitrogens is 1. The van der Waals surface area contributed by atoms with Crippen LogP contribution in [0.1, 0.15) is 71.1 Å². The molecule has 0 aliphatic carbocycles. The van der Waals surface area contributed by atoms with Crippen LogP contribution in [0.3, 0.4) is 0 Å². The smallest absolute Gasteiger partial charge is 0.294 e. The SMILES string of the molecule is CCCCCCCCCCCCSc1nc2ccc(S(=O)(=O)O)cc2[nH]1. The van der Waals surface area contributed by atoms with Crippen molar-refractivity contribution in [3.63, 3.8) is 0 Å². The summed E-state index contributed by atoms with van der Waals surface area (Å²) in [4.78, 5) is 7.46. The van der Waals surface area contributed by atoms with Crippen LogP contribution in [0.2, 0.25) is 0 Å². The standard InChI is InChI=1S/C19H30N2O3S2/c1-2-3-4-5-6-7-8-9-10-11-14-25-19-20-17-13-12-16(26(22,23)24)15-18(17)21-19/h12-13,15H,2-11,14H2,1H3,(H,20,21)(H,22,23,24). The molecule has 2 aromatic rings. The maximum Gasteiger partial charge on any atom is 0.294 e. The third-order valence-electron chi connectivity index (χ3n) is 4.47. The molecule has 146 valence electrons. The first kappa shape index (κ1) is 21.3. The molecule has 0 amide bonds. The molecule has 1 aromatic carbocycles. The Morgan fingerprint density at radius 2 is 1.62 bits per heavy atom. The van der Waals surface area contributed by atoms with Crippen LogP contribution in [0, 0.1) is 0 Å². The number of fused-ring (bicyclic) bond motifs is 1. The predicted octanol–water partition coefficient (Wildman–Crippen LogP) is 5.82. The van der Waals surface area contributed by atoms with Crippen LogP contribution in [0.25, 0.3) is 11.0 Å². The predicted molar refractivity (Wildman–Crippen MR) is 108 cm³/mol. The van der Waals surface area contributed by atoms with Crippen LogP contribution in [-0.4, -0.2) is 28.7 Å². The summed E-state index contributed by atoms with van der Waals surface area (Å²) in [7, 11) is -4.18. The van der Waals surface area contributed by atoms with Gasteiger partial charge in [-0.25, -0.2) is 4.98 Å². The molecule has 0 spiro atoms. The number of aromatic amines is 1. The van der Waals surface area contributed by atoms with E-state index in [1.165, 1.54) is 69.9 Å². The molecule has 0 saturated heterocycles. The fraction of sp³-hybridized carbons (Fsp3) is 0.632.